The molecular weight excluding hydrogens is 248 g/mol. The van der Waals surface area contributed by atoms with Gasteiger partial charge in [0.1, 0.15) is 0 Å². The minimum Gasteiger partial charge on any atom is -0.389 e. The zero-order chi connectivity index (χ0) is 14.0. The van der Waals surface area contributed by atoms with Crippen molar-refractivity contribution in [2.24, 2.45) is 0 Å². The Kier molecular flexibility index (Phi) is 4.53. The topological polar surface area (TPSA) is 61.4 Å². The molecule has 0 aliphatic heterocycles. The average Bonchev–Trinajstić information content (AvgIpc) is 2.59. The Morgan fingerprint density at radius 3 is 2.50 bits per heavy atom. The molecule has 5 heteroatoms. The van der Waals surface area contributed by atoms with Crippen LogP contribution < -0.4 is 10.6 Å². The maximum Gasteiger partial charge on any atom is 0.221 e. The minimum absolute atomic E-state index is 0.0728. The Hall–Kier alpha value is -0.910. The minimum atomic E-state index is -0.821. The Balaban J connectivity index is 2.70. The normalized spacial score (nSPS) is 12.6. The Morgan fingerprint density at radius 2 is 2.00 bits per heavy atom. The lowest BCUT2D eigenvalue weighted by atomic mass is 9.86. The third-order valence-electron chi connectivity index (χ3n) is 3.28. The number of anilines is 1. The second-order valence-corrected chi connectivity index (χ2v) is 6.48. The van der Waals surface area contributed by atoms with Gasteiger partial charge in [-0.1, -0.05) is 0 Å². The predicted molar refractivity (Wildman–Crippen MR) is 75.8 cm³/mol. The second kappa shape index (κ2) is 5.38. The molecule has 4 nitrogen and oxygen atoms in total. The summed E-state index contributed by atoms with van der Waals surface area (Å²) in [6, 6.07) is 1.89. The summed E-state index contributed by atoms with van der Waals surface area (Å²) in [6.07, 6.45) is 0. The molecule has 1 rings (SSSR count). The van der Waals surface area contributed by atoms with Gasteiger partial charge in [-0.15, -0.1) is 11.3 Å². The lowest BCUT2D eigenvalue weighted by Gasteiger charge is -2.38. The standard InChI is InChI=1S/C13H22N2O2S/c1-9(16)15-10-6-7-18-11(10)8-14-12(2,3)13(4,5)17/h6-7,14,17H,8H2,1-5H3,(H,15,16). The van der Waals surface area contributed by atoms with Gasteiger partial charge in [-0.2, -0.15) is 0 Å². The molecule has 0 unspecified atom stereocenters. The van der Waals surface area contributed by atoms with Crippen molar-refractivity contribution < 1.29 is 9.90 Å². The first kappa shape index (κ1) is 15.1. The molecule has 18 heavy (non-hydrogen) atoms. The van der Waals surface area contributed by atoms with Crippen LogP contribution in [0.15, 0.2) is 11.4 Å². The van der Waals surface area contributed by atoms with Crippen molar-refractivity contribution in [1.29, 1.82) is 0 Å². The van der Waals surface area contributed by atoms with Gasteiger partial charge in [-0.3, -0.25) is 4.79 Å². The smallest absolute Gasteiger partial charge is 0.221 e. The molecule has 3 N–H and O–H groups in total. The number of aliphatic hydroxyl groups is 1. The summed E-state index contributed by atoms with van der Waals surface area (Å²) in [6.45, 7) is 9.59. The number of hydrogen-bond acceptors (Lipinski definition) is 4. The highest BCUT2D eigenvalue weighted by Gasteiger charge is 2.34. The first-order valence-corrected chi connectivity index (χ1v) is 6.83. The van der Waals surface area contributed by atoms with Gasteiger partial charge in [0.05, 0.1) is 11.3 Å². The molecular formula is C13H22N2O2S. The molecule has 0 atom stereocenters. The van der Waals surface area contributed by atoms with Crippen LogP contribution in [0.1, 0.15) is 39.5 Å². The molecule has 0 aliphatic rings. The molecule has 0 radical (unpaired) electrons. The van der Waals surface area contributed by atoms with E-state index < -0.39 is 11.1 Å². The quantitative estimate of drug-likeness (QED) is 0.769. The number of carbonyl (C=O) groups excluding carboxylic acids is 1. The molecule has 0 aliphatic carbocycles. The first-order valence-electron chi connectivity index (χ1n) is 5.95. The fourth-order valence-electron chi connectivity index (χ4n) is 1.30. The van der Waals surface area contributed by atoms with Crippen molar-refractivity contribution >= 4 is 22.9 Å². The molecule has 0 spiro atoms. The molecule has 0 aromatic carbocycles. The van der Waals surface area contributed by atoms with Crippen LogP contribution in [0.4, 0.5) is 5.69 Å². The second-order valence-electron chi connectivity index (χ2n) is 5.48. The van der Waals surface area contributed by atoms with Gasteiger partial charge in [0.2, 0.25) is 5.91 Å². The van der Waals surface area contributed by atoms with Crippen molar-refractivity contribution in [1.82, 2.24) is 5.32 Å². The van der Waals surface area contributed by atoms with Crippen molar-refractivity contribution in [3.05, 3.63) is 16.3 Å². The summed E-state index contributed by atoms with van der Waals surface area (Å²) < 4.78 is 0. The van der Waals surface area contributed by atoms with E-state index in [2.05, 4.69) is 10.6 Å². The molecule has 0 saturated heterocycles. The fraction of sp³-hybridized carbons (Fsp3) is 0.615. The van der Waals surface area contributed by atoms with Crippen LogP contribution in [0, 0.1) is 0 Å². The Morgan fingerprint density at radius 1 is 1.39 bits per heavy atom. The maximum absolute atomic E-state index is 11.1. The van der Waals surface area contributed by atoms with Crippen molar-refractivity contribution in [2.45, 2.75) is 52.3 Å². The summed E-state index contributed by atoms with van der Waals surface area (Å²) in [7, 11) is 0. The molecule has 1 aromatic rings. The highest BCUT2D eigenvalue weighted by atomic mass is 32.1. The summed E-state index contributed by atoms with van der Waals surface area (Å²) in [5, 5.41) is 18.1. The number of carbonyl (C=O) groups is 1. The van der Waals surface area contributed by atoms with Crippen LogP contribution in [0.3, 0.4) is 0 Å². The van der Waals surface area contributed by atoms with Crippen LogP contribution in [-0.2, 0) is 11.3 Å². The summed E-state index contributed by atoms with van der Waals surface area (Å²) in [5.74, 6) is -0.0728. The molecule has 1 heterocycles. The Labute approximate surface area is 112 Å². The molecule has 0 saturated carbocycles. The fourth-order valence-corrected chi connectivity index (χ4v) is 2.07. The largest absolute Gasteiger partial charge is 0.389 e. The van der Waals surface area contributed by atoms with E-state index in [9.17, 15) is 9.90 Å². The van der Waals surface area contributed by atoms with Crippen molar-refractivity contribution in [3.8, 4) is 0 Å². The lowest BCUT2D eigenvalue weighted by Crippen LogP contribution is -2.55. The monoisotopic (exact) mass is 270 g/mol. The van der Waals surface area contributed by atoms with E-state index in [1.807, 2.05) is 25.3 Å². The Bertz CT molecular complexity index is 419. The zero-order valence-corrected chi connectivity index (χ0v) is 12.4. The number of rotatable bonds is 5. The summed E-state index contributed by atoms with van der Waals surface area (Å²) in [5.41, 5.74) is -0.394. The number of nitrogens with one attached hydrogen (secondary N) is 2. The van der Waals surface area contributed by atoms with Crippen molar-refractivity contribution in [3.63, 3.8) is 0 Å². The van der Waals surface area contributed by atoms with E-state index in [4.69, 9.17) is 0 Å². The molecule has 1 aromatic heterocycles. The number of hydrogen-bond donors (Lipinski definition) is 3. The molecule has 102 valence electrons. The van der Waals surface area contributed by atoms with E-state index in [1.165, 1.54) is 6.92 Å². The van der Waals surface area contributed by atoms with E-state index >= 15 is 0 Å². The average molecular weight is 270 g/mol. The van der Waals surface area contributed by atoms with Gasteiger partial charge in [-0.25, -0.2) is 0 Å². The zero-order valence-electron chi connectivity index (χ0n) is 11.6. The molecule has 1 amide bonds. The maximum atomic E-state index is 11.1. The van der Waals surface area contributed by atoms with Gasteiger partial charge in [0, 0.05) is 23.9 Å². The predicted octanol–water partition coefficient (Wildman–Crippen LogP) is 2.35. The third-order valence-corrected chi connectivity index (χ3v) is 4.20. The van der Waals surface area contributed by atoms with Gasteiger partial charge < -0.3 is 15.7 Å². The van der Waals surface area contributed by atoms with Crippen LogP contribution in [0.25, 0.3) is 0 Å². The van der Waals surface area contributed by atoms with Gasteiger partial charge in [0.25, 0.3) is 0 Å². The van der Waals surface area contributed by atoms with Gasteiger partial charge in [0.15, 0.2) is 0 Å². The summed E-state index contributed by atoms with van der Waals surface area (Å²) in [4.78, 5) is 12.1. The van der Waals surface area contributed by atoms with E-state index in [-0.39, 0.29) is 5.91 Å². The first-order chi connectivity index (χ1) is 8.13. The van der Waals surface area contributed by atoms with E-state index in [0.29, 0.717) is 6.54 Å². The van der Waals surface area contributed by atoms with Gasteiger partial charge in [-0.05, 0) is 39.1 Å². The van der Waals surface area contributed by atoms with Crippen LogP contribution in [-0.4, -0.2) is 22.2 Å². The highest BCUT2D eigenvalue weighted by molar-refractivity contribution is 7.10. The van der Waals surface area contributed by atoms with Crippen LogP contribution >= 0.6 is 11.3 Å². The highest BCUT2D eigenvalue weighted by Crippen LogP contribution is 2.25. The molecule has 0 bridgehead atoms. The number of amides is 1. The van der Waals surface area contributed by atoms with E-state index in [0.717, 1.165) is 10.6 Å². The van der Waals surface area contributed by atoms with Gasteiger partial charge >= 0.3 is 0 Å². The van der Waals surface area contributed by atoms with E-state index in [1.54, 1.807) is 25.2 Å². The molecule has 0 fully saturated rings. The number of thiophene rings is 1. The van der Waals surface area contributed by atoms with Crippen LogP contribution in [0.5, 0.6) is 0 Å². The lowest BCUT2D eigenvalue weighted by molar-refractivity contribution is -0.114. The SMILES string of the molecule is CC(=O)Nc1ccsc1CNC(C)(C)C(C)(C)O. The van der Waals surface area contributed by atoms with Crippen molar-refractivity contribution in [2.75, 3.05) is 5.32 Å². The third kappa shape index (κ3) is 3.80. The van der Waals surface area contributed by atoms with Crippen LogP contribution in [0.2, 0.25) is 0 Å². The summed E-state index contributed by atoms with van der Waals surface area (Å²) >= 11 is 1.58.